The van der Waals surface area contributed by atoms with Gasteiger partial charge in [-0.1, -0.05) is 0 Å². The number of nitrogens with zero attached hydrogens (tertiary/aromatic N) is 1. The molecule has 0 amide bonds. The molecular weight excluding hydrogens is 289 g/mol. The Morgan fingerprint density at radius 2 is 2.13 bits per heavy atom. The van der Waals surface area contributed by atoms with Crippen molar-refractivity contribution in [3.05, 3.63) is 40.9 Å². The van der Waals surface area contributed by atoms with Gasteiger partial charge in [0.1, 0.15) is 0 Å². The second-order valence-corrected chi connectivity index (χ2v) is 6.71. The van der Waals surface area contributed by atoms with Crippen LogP contribution in [0.25, 0.3) is 4.91 Å². The molecule has 4 heteroatoms. The van der Waals surface area contributed by atoms with Gasteiger partial charge in [0.25, 0.3) is 0 Å². The van der Waals surface area contributed by atoms with E-state index in [4.69, 9.17) is 0 Å². The van der Waals surface area contributed by atoms with Crippen molar-refractivity contribution in [1.82, 2.24) is 0 Å². The molecule has 2 rings (SSSR count). The van der Waals surface area contributed by atoms with E-state index in [-0.39, 0.29) is 15.2 Å². The zero-order valence-electron chi connectivity index (χ0n) is 8.34. The summed E-state index contributed by atoms with van der Waals surface area (Å²) in [5.41, 5.74) is 1.31. The van der Waals surface area contributed by atoms with Gasteiger partial charge >= 0.3 is 106 Å². The van der Waals surface area contributed by atoms with Crippen LogP contribution in [0.1, 0.15) is 12.5 Å². The summed E-state index contributed by atoms with van der Waals surface area (Å²) in [4.78, 5) is 3.62. The first-order valence-electron chi connectivity index (χ1n) is 4.70. The van der Waals surface area contributed by atoms with Gasteiger partial charge < -0.3 is 0 Å². The van der Waals surface area contributed by atoms with Gasteiger partial charge in [0.05, 0.1) is 0 Å². The third-order valence-electron chi connectivity index (χ3n) is 1.81. The summed E-state index contributed by atoms with van der Waals surface area (Å²) < 4.78 is 5.74. The van der Waals surface area contributed by atoms with E-state index in [0.717, 1.165) is 5.75 Å². The fourth-order valence-electron chi connectivity index (χ4n) is 1.16. The fraction of sp³-hybridized carbons (Fsp3) is 0.182. The molecule has 1 aliphatic heterocycles. The van der Waals surface area contributed by atoms with Gasteiger partial charge in [0, 0.05) is 0 Å². The van der Waals surface area contributed by atoms with E-state index in [1.54, 1.807) is 11.8 Å². The van der Waals surface area contributed by atoms with E-state index in [2.05, 4.69) is 46.2 Å². The summed E-state index contributed by atoms with van der Waals surface area (Å²) in [6.07, 6.45) is 0. The topological polar surface area (TPSA) is 12.4 Å². The Kier molecular flexibility index (Phi) is 4.39. The third kappa shape index (κ3) is 3.15. The van der Waals surface area contributed by atoms with E-state index < -0.39 is 0 Å². The predicted molar refractivity (Wildman–Crippen MR) is 73.3 cm³/mol. The number of benzene rings is 1. The number of rotatable bonds is 2. The van der Waals surface area contributed by atoms with Crippen LogP contribution >= 0.6 is 23.5 Å². The molecule has 0 saturated heterocycles. The zero-order chi connectivity index (χ0) is 10.5. The van der Waals surface area contributed by atoms with Crippen molar-refractivity contribution < 1.29 is 0 Å². The van der Waals surface area contributed by atoms with Gasteiger partial charge in [-0.25, -0.2) is 0 Å². The van der Waals surface area contributed by atoms with Crippen molar-refractivity contribution in [2.75, 3.05) is 5.75 Å². The van der Waals surface area contributed by atoms with E-state index in [0.29, 0.717) is 0 Å². The minimum absolute atomic E-state index is 0.286. The maximum atomic E-state index is 4.52. The summed E-state index contributed by atoms with van der Waals surface area (Å²) >= 11 is 3.92. The molecule has 1 aromatic rings. The van der Waals surface area contributed by atoms with Crippen LogP contribution in [0.5, 0.6) is 0 Å². The summed E-state index contributed by atoms with van der Waals surface area (Å²) in [5.74, 6) is 1.10. The fourth-order valence-corrected chi connectivity index (χ4v) is 5.17. The van der Waals surface area contributed by atoms with Crippen LogP contribution in [0.3, 0.4) is 0 Å². The monoisotopic (exact) mass is 301 g/mol. The summed E-state index contributed by atoms with van der Waals surface area (Å²) in [6.45, 7) is 2.17. The van der Waals surface area contributed by atoms with Crippen molar-refractivity contribution in [3.63, 3.8) is 0 Å². The second-order valence-electron chi connectivity index (χ2n) is 2.85. The van der Waals surface area contributed by atoms with Crippen molar-refractivity contribution in [2.24, 2.45) is 4.01 Å². The van der Waals surface area contributed by atoms with Crippen LogP contribution < -0.4 is 0 Å². The van der Waals surface area contributed by atoms with Gasteiger partial charge in [-0.15, -0.1) is 0 Å². The molecule has 0 fully saturated rings. The molecular formula is C11H11NS2Se. The summed E-state index contributed by atoms with van der Waals surface area (Å²) in [6, 6.07) is 10.5. The minimum atomic E-state index is 0.286. The van der Waals surface area contributed by atoms with Crippen LogP contribution in [0.4, 0.5) is 0 Å². The van der Waals surface area contributed by atoms with Gasteiger partial charge in [0.15, 0.2) is 0 Å². The van der Waals surface area contributed by atoms with E-state index in [9.17, 15) is 0 Å². The Morgan fingerprint density at radius 1 is 1.33 bits per heavy atom. The molecule has 1 nitrogen and oxygen atoms in total. The van der Waals surface area contributed by atoms with Crippen LogP contribution in [-0.4, -0.2) is 25.3 Å². The molecule has 1 aromatic carbocycles. The Labute approximate surface area is 105 Å². The van der Waals surface area contributed by atoms with E-state index in [1.165, 1.54) is 14.8 Å². The molecule has 0 aliphatic carbocycles. The SMILES string of the molecule is CCSC1=N[Se]C=C(c2ccccc2)S1. The average Bonchev–Trinajstić information content (AvgIpc) is 2.31. The van der Waals surface area contributed by atoms with Crippen molar-refractivity contribution in [1.29, 1.82) is 0 Å². The Morgan fingerprint density at radius 3 is 2.87 bits per heavy atom. The molecule has 0 N–H and O–H groups in total. The Bertz CT molecular complexity index is 387. The van der Waals surface area contributed by atoms with Gasteiger partial charge in [0.2, 0.25) is 0 Å². The molecule has 0 radical (unpaired) electrons. The third-order valence-corrected chi connectivity index (χ3v) is 6.06. The summed E-state index contributed by atoms with van der Waals surface area (Å²) in [7, 11) is 0. The van der Waals surface area contributed by atoms with Crippen molar-refractivity contribution >= 4 is 48.0 Å². The molecule has 15 heavy (non-hydrogen) atoms. The zero-order valence-corrected chi connectivity index (χ0v) is 11.7. The Hall–Kier alpha value is -0.151. The molecule has 0 atom stereocenters. The van der Waals surface area contributed by atoms with Gasteiger partial charge in [-0.2, -0.15) is 0 Å². The van der Waals surface area contributed by atoms with Crippen molar-refractivity contribution in [2.45, 2.75) is 6.92 Å². The van der Waals surface area contributed by atoms with Gasteiger partial charge in [-0.05, 0) is 0 Å². The first-order valence-corrected chi connectivity index (χ1v) is 8.26. The van der Waals surface area contributed by atoms with Crippen LogP contribution in [-0.2, 0) is 0 Å². The molecule has 0 unspecified atom stereocenters. The second kappa shape index (κ2) is 5.80. The quantitative estimate of drug-likeness (QED) is 0.776. The molecule has 1 aliphatic rings. The number of hydrogen-bond acceptors (Lipinski definition) is 3. The first-order chi connectivity index (χ1) is 7.40. The molecule has 0 spiro atoms. The maximum absolute atomic E-state index is 4.52. The van der Waals surface area contributed by atoms with Crippen LogP contribution in [0.15, 0.2) is 39.3 Å². The average molecular weight is 300 g/mol. The summed E-state index contributed by atoms with van der Waals surface area (Å²) in [5, 5.41) is 0. The standard InChI is InChI=1S/C11H11NS2Se/c1-2-13-11-12-15-8-10(14-11)9-6-4-3-5-7-9/h3-8H,2H2,1H3. The molecule has 0 aromatic heterocycles. The Balaban J connectivity index is 2.10. The van der Waals surface area contributed by atoms with Gasteiger partial charge in [-0.3, -0.25) is 0 Å². The van der Waals surface area contributed by atoms with E-state index >= 15 is 0 Å². The van der Waals surface area contributed by atoms with Crippen LogP contribution in [0.2, 0.25) is 0 Å². The molecule has 0 bridgehead atoms. The molecule has 0 saturated carbocycles. The molecule has 1 heterocycles. The predicted octanol–water partition coefficient (Wildman–Crippen LogP) is 3.46. The number of thioether (sulfide) groups is 2. The normalized spacial score (nSPS) is 15.8. The van der Waals surface area contributed by atoms with E-state index in [1.807, 2.05) is 11.8 Å². The van der Waals surface area contributed by atoms with Crippen LogP contribution in [0, 0.1) is 0 Å². The molecule has 78 valence electrons. The van der Waals surface area contributed by atoms with Crippen molar-refractivity contribution in [3.8, 4) is 0 Å². The number of hydrogen-bond donors (Lipinski definition) is 0. The first kappa shape index (κ1) is 11.3.